The number of nitrogens with zero attached hydrogens (tertiary/aromatic N) is 1. The maximum Gasteiger partial charge on any atom is 0.243 e. The van der Waals surface area contributed by atoms with Crippen molar-refractivity contribution in [2.75, 3.05) is 25.5 Å². The first kappa shape index (κ1) is 25.0. The highest BCUT2D eigenvalue weighted by molar-refractivity contribution is 7.89. The van der Waals surface area contributed by atoms with Crippen molar-refractivity contribution < 1.29 is 22.7 Å². The molecule has 0 aliphatic carbocycles. The van der Waals surface area contributed by atoms with Gasteiger partial charge in [0.1, 0.15) is 11.5 Å². The van der Waals surface area contributed by atoms with Crippen LogP contribution in [0, 0.1) is 12.8 Å². The molecule has 1 saturated heterocycles. The molecular formula is C26H27ClN2O5S. The molecule has 35 heavy (non-hydrogen) atoms. The average Bonchev–Trinajstić information content (AvgIpc) is 2.86. The minimum atomic E-state index is -3.68. The van der Waals surface area contributed by atoms with Gasteiger partial charge < -0.3 is 14.8 Å². The molecule has 1 amide bonds. The lowest BCUT2D eigenvalue weighted by Gasteiger charge is -2.31. The fraction of sp³-hybridized carbons (Fsp3) is 0.269. The summed E-state index contributed by atoms with van der Waals surface area (Å²) >= 11 is 6.18. The molecule has 0 spiro atoms. The number of hydrogen-bond donors (Lipinski definition) is 1. The number of ether oxygens (including phenoxy) is 2. The number of piperidine rings is 1. The fourth-order valence-electron chi connectivity index (χ4n) is 3.93. The Balaban J connectivity index is 1.49. The Kier molecular flexibility index (Phi) is 7.64. The van der Waals surface area contributed by atoms with E-state index >= 15 is 0 Å². The van der Waals surface area contributed by atoms with Gasteiger partial charge in [0, 0.05) is 18.1 Å². The van der Waals surface area contributed by atoms with Crippen molar-refractivity contribution >= 4 is 33.2 Å². The lowest BCUT2D eigenvalue weighted by Crippen LogP contribution is -2.43. The molecule has 1 fully saturated rings. The lowest BCUT2D eigenvalue weighted by atomic mass is 9.98. The third-order valence-corrected chi connectivity index (χ3v) is 8.01. The van der Waals surface area contributed by atoms with Gasteiger partial charge >= 0.3 is 0 Å². The van der Waals surface area contributed by atoms with Crippen molar-refractivity contribution in [1.82, 2.24) is 4.31 Å². The Morgan fingerprint density at radius 3 is 2.40 bits per heavy atom. The van der Waals surface area contributed by atoms with Crippen LogP contribution in [-0.4, -0.2) is 38.8 Å². The summed E-state index contributed by atoms with van der Waals surface area (Å²) in [4.78, 5) is 13.4. The lowest BCUT2D eigenvalue weighted by molar-refractivity contribution is -0.120. The number of carbonyl (C=O) groups excluding carboxylic acids is 1. The molecule has 1 atom stereocenters. The van der Waals surface area contributed by atoms with Crippen molar-refractivity contribution in [3.63, 3.8) is 0 Å². The van der Waals surface area contributed by atoms with Crippen LogP contribution in [0.3, 0.4) is 0 Å². The number of rotatable bonds is 7. The fourth-order valence-corrected chi connectivity index (χ4v) is 5.62. The molecule has 9 heteroatoms. The minimum absolute atomic E-state index is 0.108. The zero-order chi connectivity index (χ0) is 25.0. The molecule has 4 rings (SSSR count). The summed E-state index contributed by atoms with van der Waals surface area (Å²) in [5, 5.41) is 3.33. The van der Waals surface area contributed by atoms with Crippen LogP contribution in [0.5, 0.6) is 17.2 Å². The number of aryl methyl sites for hydroxylation is 1. The van der Waals surface area contributed by atoms with E-state index in [2.05, 4.69) is 5.32 Å². The SMILES string of the molecule is COc1ccc(Oc2ccc(Cl)cc2NC(=O)[C@H]2CCCN(S(=O)(=O)c3ccc(C)cc3)C2)cc1. The predicted octanol–water partition coefficient (Wildman–Crippen LogP) is 5.49. The normalized spacial score (nSPS) is 16.5. The summed E-state index contributed by atoms with van der Waals surface area (Å²) in [5.41, 5.74) is 1.39. The van der Waals surface area contributed by atoms with Gasteiger partial charge in [0.2, 0.25) is 15.9 Å². The maximum absolute atomic E-state index is 13.2. The van der Waals surface area contributed by atoms with E-state index in [0.29, 0.717) is 47.3 Å². The zero-order valence-electron chi connectivity index (χ0n) is 19.5. The number of hydrogen-bond acceptors (Lipinski definition) is 5. The van der Waals surface area contributed by atoms with E-state index in [4.69, 9.17) is 21.1 Å². The second kappa shape index (κ2) is 10.7. The van der Waals surface area contributed by atoms with E-state index in [-0.39, 0.29) is 17.3 Å². The quantitative estimate of drug-likeness (QED) is 0.450. The highest BCUT2D eigenvalue weighted by atomic mass is 35.5. The van der Waals surface area contributed by atoms with Crippen LogP contribution in [0.1, 0.15) is 18.4 Å². The van der Waals surface area contributed by atoms with Gasteiger partial charge in [0.25, 0.3) is 0 Å². The van der Waals surface area contributed by atoms with E-state index < -0.39 is 15.9 Å². The van der Waals surface area contributed by atoms with Crippen LogP contribution in [0.2, 0.25) is 5.02 Å². The molecule has 0 unspecified atom stereocenters. The molecule has 1 aliphatic rings. The minimum Gasteiger partial charge on any atom is -0.497 e. The molecular weight excluding hydrogens is 488 g/mol. The number of halogens is 1. The Bertz CT molecular complexity index is 1290. The van der Waals surface area contributed by atoms with Gasteiger partial charge in [0.15, 0.2) is 5.75 Å². The second-order valence-corrected chi connectivity index (χ2v) is 10.8. The highest BCUT2D eigenvalue weighted by Gasteiger charge is 2.33. The number of amides is 1. The monoisotopic (exact) mass is 514 g/mol. The Morgan fingerprint density at radius 2 is 1.71 bits per heavy atom. The van der Waals surface area contributed by atoms with Crippen molar-refractivity contribution in [1.29, 1.82) is 0 Å². The van der Waals surface area contributed by atoms with Gasteiger partial charge in [-0.2, -0.15) is 4.31 Å². The van der Waals surface area contributed by atoms with Crippen molar-refractivity contribution in [3.8, 4) is 17.2 Å². The number of anilines is 1. The molecule has 0 bridgehead atoms. The van der Waals surface area contributed by atoms with Crippen LogP contribution < -0.4 is 14.8 Å². The first-order valence-corrected chi connectivity index (χ1v) is 13.1. The number of nitrogens with one attached hydrogen (secondary N) is 1. The van der Waals surface area contributed by atoms with Crippen LogP contribution in [0.4, 0.5) is 5.69 Å². The van der Waals surface area contributed by atoms with E-state index in [1.165, 1.54) is 4.31 Å². The van der Waals surface area contributed by atoms with Crippen LogP contribution in [0.25, 0.3) is 0 Å². The van der Waals surface area contributed by atoms with E-state index in [1.807, 2.05) is 6.92 Å². The number of carbonyl (C=O) groups is 1. The van der Waals surface area contributed by atoms with E-state index in [1.54, 1.807) is 73.8 Å². The van der Waals surface area contributed by atoms with Crippen molar-refractivity contribution in [2.24, 2.45) is 5.92 Å². The van der Waals surface area contributed by atoms with Gasteiger partial charge in [0.05, 0.1) is 23.6 Å². The summed E-state index contributed by atoms with van der Waals surface area (Å²) in [6.45, 7) is 2.39. The molecule has 184 valence electrons. The summed E-state index contributed by atoms with van der Waals surface area (Å²) in [7, 11) is -2.10. The Hall–Kier alpha value is -3.07. The Labute approximate surface area is 210 Å². The topological polar surface area (TPSA) is 84.9 Å². The first-order chi connectivity index (χ1) is 16.8. The van der Waals surface area contributed by atoms with Crippen LogP contribution >= 0.6 is 11.6 Å². The standard InChI is InChI=1S/C26H27ClN2O5S/c1-18-5-12-23(13-6-18)35(31,32)29-15-3-4-19(17-29)26(30)28-24-16-20(27)7-14-25(24)34-22-10-8-21(33-2)9-11-22/h5-14,16,19H,3-4,15,17H2,1-2H3,(H,28,30)/t19-/m0/s1. The smallest absolute Gasteiger partial charge is 0.243 e. The molecule has 0 radical (unpaired) electrons. The molecule has 1 aliphatic heterocycles. The summed E-state index contributed by atoms with van der Waals surface area (Å²) < 4.78 is 38.8. The van der Waals surface area contributed by atoms with Crippen LogP contribution in [0.15, 0.2) is 71.6 Å². The maximum atomic E-state index is 13.2. The highest BCUT2D eigenvalue weighted by Crippen LogP contribution is 2.34. The van der Waals surface area contributed by atoms with Gasteiger partial charge in [-0.3, -0.25) is 4.79 Å². The average molecular weight is 515 g/mol. The summed E-state index contributed by atoms with van der Waals surface area (Å²) in [6, 6.07) is 18.8. The number of sulfonamides is 1. The molecule has 1 heterocycles. The van der Waals surface area contributed by atoms with Gasteiger partial charge in [-0.05, 0) is 74.4 Å². The molecule has 3 aromatic rings. The molecule has 7 nitrogen and oxygen atoms in total. The zero-order valence-corrected chi connectivity index (χ0v) is 21.1. The van der Waals surface area contributed by atoms with Gasteiger partial charge in [-0.25, -0.2) is 8.42 Å². The summed E-state index contributed by atoms with van der Waals surface area (Å²) in [5.74, 6) is 0.904. The van der Waals surface area contributed by atoms with E-state index in [9.17, 15) is 13.2 Å². The van der Waals surface area contributed by atoms with E-state index in [0.717, 1.165) is 5.56 Å². The largest absolute Gasteiger partial charge is 0.497 e. The van der Waals surface area contributed by atoms with Gasteiger partial charge in [-0.15, -0.1) is 0 Å². The van der Waals surface area contributed by atoms with Gasteiger partial charge in [-0.1, -0.05) is 29.3 Å². The van der Waals surface area contributed by atoms with Crippen LogP contribution in [-0.2, 0) is 14.8 Å². The molecule has 0 saturated carbocycles. The van der Waals surface area contributed by atoms with Crippen molar-refractivity contribution in [3.05, 3.63) is 77.3 Å². The third kappa shape index (κ3) is 5.96. The Morgan fingerprint density at radius 1 is 1.03 bits per heavy atom. The molecule has 1 N–H and O–H groups in total. The first-order valence-electron chi connectivity index (χ1n) is 11.3. The summed E-state index contributed by atoms with van der Waals surface area (Å²) in [6.07, 6.45) is 1.18. The molecule has 3 aromatic carbocycles. The van der Waals surface area contributed by atoms with Crippen molar-refractivity contribution in [2.45, 2.75) is 24.7 Å². The third-order valence-electron chi connectivity index (χ3n) is 5.90. The number of benzene rings is 3. The number of methoxy groups -OCH3 is 1. The second-order valence-electron chi connectivity index (χ2n) is 8.42. The predicted molar refractivity (Wildman–Crippen MR) is 136 cm³/mol. The molecule has 0 aromatic heterocycles.